The molecule has 1 heterocycles. The highest BCUT2D eigenvalue weighted by atomic mass is 32.1. The Hall–Kier alpha value is -2.86. The molecule has 6 heteroatoms. The molecule has 1 aromatic heterocycles. The molecular weight excluding hydrogens is 323 g/mol. The van der Waals surface area contributed by atoms with Crippen molar-refractivity contribution in [2.75, 3.05) is 0 Å². The second kappa shape index (κ2) is 7.14. The van der Waals surface area contributed by atoms with Crippen LogP contribution in [0.25, 0.3) is 17.5 Å². The van der Waals surface area contributed by atoms with Gasteiger partial charge in [-0.15, -0.1) is 0 Å². The molecule has 0 amide bonds. The van der Waals surface area contributed by atoms with E-state index in [2.05, 4.69) is 15.3 Å². The Morgan fingerprint density at radius 2 is 1.88 bits per heavy atom. The van der Waals surface area contributed by atoms with Crippen molar-refractivity contribution in [1.82, 2.24) is 14.9 Å². The van der Waals surface area contributed by atoms with Crippen LogP contribution in [0, 0.1) is 10.6 Å². The Kier molecular flexibility index (Phi) is 4.77. The minimum absolute atomic E-state index is 0.303. The van der Waals surface area contributed by atoms with Crippen molar-refractivity contribution in [3.8, 4) is 11.4 Å². The molecule has 1 N–H and O–H groups in total. The Balaban J connectivity index is 1.94. The molecule has 120 valence electrons. The summed E-state index contributed by atoms with van der Waals surface area (Å²) in [4.78, 5) is 0. The van der Waals surface area contributed by atoms with Crippen LogP contribution >= 0.6 is 12.2 Å². The van der Waals surface area contributed by atoms with Gasteiger partial charge in [-0.25, -0.2) is 9.49 Å². The number of aromatic nitrogens is 3. The smallest absolute Gasteiger partial charge is 0.216 e. The lowest BCUT2D eigenvalue weighted by Gasteiger charge is -2.02. The van der Waals surface area contributed by atoms with E-state index in [1.807, 2.05) is 43.3 Å². The predicted molar refractivity (Wildman–Crippen MR) is 96.8 cm³/mol. The summed E-state index contributed by atoms with van der Waals surface area (Å²) in [7, 11) is 0. The van der Waals surface area contributed by atoms with Crippen LogP contribution in [0.5, 0.6) is 0 Å². The number of hydrogen-bond donors (Lipinski definition) is 1. The number of H-pyrrole nitrogens is 1. The third-order valence-corrected chi connectivity index (χ3v) is 3.60. The van der Waals surface area contributed by atoms with Crippen LogP contribution in [0.1, 0.15) is 12.5 Å². The summed E-state index contributed by atoms with van der Waals surface area (Å²) < 4.78 is 15.7. The lowest BCUT2D eigenvalue weighted by molar-refractivity contribution is 0.628. The Morgan fingerprint density at radius 1 is 1.17 bits per heavy atom. The van der Waals surface area contributed by atoms with Gasteiger partial charge in [0.15, 0.2) is 5.82 Å². The molecule has 3 rings (SSSR count). The molecule has 3 aromatic rings. The van der Waals surface area contributed by atoms with Crippen LogP contribution in [-0.4, -0.2) is 21.1 Å². The second-order valence-electron chi connectivity index (χ2n) is 5.19. The third kappa shape index (κ3) is 3.55. The molecule has 0 aliphatic rings. The molecule has 0 radical (unpaired) electrons. The van der Waals surface area contributed by atoms with Gasteiger partial charge in [0.25, 0.3) is 0 Å². The van der Waals surface area contributed by atoms with Gasteiger partial charge in [-0.3, -0.25) is 0 Å². The number of allylic oxidation sites excluding steroid dienone is 1. The summed E-state index contributed by atoms with van der Waals surface area (Å²) in [5, 5.41) is 11.1. The molecule has 24 heavy (non-hydrogen) atoms. The van der Waals surface area contributed by atoms with Crippen molar-refractivity contribution in [1.29, 1.82) is 0 Å². The second-order valence-corrected chi connectivity index (χ2v) is 5.57. The zero-order valence-corrected chi connectivity index (χ0v) is 13.8. The van der Waals surface area contributed by atoms with E-state index in [0.717, 1.165) is 11.1 Å². The van der Waals surface area contributed by atoms with E-state index < -0.39 is 0 Å². The number of aromatic amines is 1. The van der Waals surface area contributed by atoms with E-state index >= 15 is 0 Å². The number of rotatable bonds is 4. The van der Waals surface area contributed by atoms with Crippen LogP contribution in [0.15, 0.2) is 65.3 Å². The van der Waals surface area contributed by atoms with Gasteiger partial charge < -0.3 is 0 Å². The van der Waals surface area contributed by atoms with Gasteiger partial charge in [-0.1, -0.05) is 48.5 Å². The highest BCUT2D eigenvalue weighted by molar-refractivity contribution is 7.71. The van der Waals surface area contributed by atoms with Crippen LogP contribution in [0.3, 0.4) is 0 Å². The molecule has 0 saturated carbocycles. The van der Waals surface area contributed by atoms with Crippen molar-refractivity contribution in [3.05, 3.63) is 76.3 Å². The fourth-order valence-corrected chi connectivity index (χ4v) is 2.39. The Morgan fingerprint density at radius 3 is 2.62 bits per heavy atom. The van der Waals surface area contributed by atoms with Gasteiger partial charge in [-0.2, -0.15) is 14.9 Å². The predicted octanol–water partition coefficient (Wildman–Crippen LogP) is 4.68. The minimum Gasteiger partial charge on any atom is -0.250 e. The number of benzene rings is 2. The number of nitrogens with one attached hydrogen (secondary N) is 1. The van der Waals surface area contributed by atoms with Gasteiger partial charge in [0.1, 0.15) is 5.82 Å². The van der Waals surface area contributed by atoms with Crippen molar-refractivity contribution < 1.29 is 4.39 Å². The zero-order chi connectivity index (χ0) is 16.9. The molecule has 0 saturated heterocycles. The quantitative estimate of drug-likeness (QED) is 0.554. The van der Waals surface area contributed by atoms with Crippen molar-refractivity contribution >= 4 is 24.5 Å². The summed E-state index contributed by atoms with van der Waals surface area (Å²) in [6, 6.07) is 16.3. The van der Waals surface area contributed by atoms with Crippen LogP contribution < -0.4 is 0 Å². The molecule has 2 aromatic carbocycles. The SMILES string of the molecule is CC(/C=N\n1c(-c2ccccc2F)n[nH]c1=S)=C\c1ccccc1. The molecule has 0 aliphatic carbocycles. The van der Waals surface area contributed by atoms with E-state index in [1.165, 1.54) is 10.7 Å². The first-order chi connectivity index (χ1) is 11.6. The minimum atomic E-state index is -0.375. The average molecular weight is 338 g/mol. The zero-order valence-electron chi connectivity index (χ0n) is 13.0. The third-order valence-electron chi connectivity index (χ3n) is 3.34. The first kappa shape index (κ1) is 16.0. The summed E-state index contributed by atoms with van der Waals surface area (Å²) in [6.45, 7) is 1.93. The average Bonchev–Trinajstić information content (AvgIpc) is 2.95. The van der Waals surface area contributed by atoms with Gasteiger partial charge in [0.05, 0.1) is 11.8 Å². The standard InChI is InChI=1S/C18H15FN4S/c1-13(11-14-7-3-2-4-8-14)12-20-23-17(21-22-18(23)24)15-9-5-6-10-16(15)19/h2-12H,1H3,(H,22,24)/b13-11+,20-12-. The van der Waals surface area contributed by atoms with Crippen molar-refractivity contribution in [2.24, 2.45) is 5.10 Å². The topological polar surface area (TPSA) is 46.0 Å². The van der Waals surface area contributed by atoms with Gasteiger partial charge in [0.2, 0.25) is 4.77 Å². The number of halogens is 1. The van der Waals surface area contributed by atoms with E-state index in [9.17, 15) is 4.39 Å². The number of nitrogens with zero attached hydrogens (tertiary/aromatic N) is 3. The fraction of sp³-hybridized carbons (Fsp3) is 0.0556. The summed E-state index contributed by atoms with van der Waals surface area (Å²) in [5.74, 6) is -0.0404. The van der Waals surface area contributed by atoms with Crippen molar-refractivity contribution in [2.45, 2.75) is 6.92 Å². The van der Waals surface area contributed by atoms with E-state index in [1.54, 1.807) is 24.4 Å². The summed E-state index contributed by atoms with van der Waals surface area (Å²) in [5.41, 5.74) is 2.35. The lowest BCUT2D eigenvalue weighted by Crippen LogP contribution is -1.96. The molecule has 0 spiro atoms. The molecule has 0 fully saturated rings. The van der Waals surface area contributed by atoms with Crippen LogP contribution in [-0.2, 0) is 0 Å². The van der Waals surface area contributed by atoms with E-state index in [4.69, 9.17) is 12.2 Å². The van der Waals surface area contributed by atoms with E-state index in [-0.39, 0.29) is 5.82 Å². The van der Waals surface area contributed by atoms with Crippen molar-refractivity contribution in [3.63, 3.8) is 0 Å². The van der Waals surface area contributed by atoms with Gasteiger partial charge in [-0.05, 0) is 42.4 Å². The van der Waals surface area contributed by atoms with Crippen LogP contribution in [0.4, 0.5) is 4.39 Å². The largest absolute Gasteiger partial charge is 0.250 e. The maximum atomic E-state index is 14.0. The lowest BCUT2D eigenvalue weighted by atomic mass is 10.1. The molecule has 0 bridgehead atoms. The fourth-order valence-electron chi connectivity index (χ4n) is 2.21. The molecule has 0 atom stereocenters. The summed E-state index contributed by atoms with van der Waals surface area (Å²) >= 11 is 5.19. The molecule has 4 nitrogen and oxygen atoms in total. The maximum Gasteiger partial charge on any atom is 0.216 e. The van der Waals surface area contributed by atoms with Gasteiger partial charge in [0, 0.05) is 0 Å². The highest BCUT2D eigenvalue weighted by Crippen LogP contribution is 2.20. The Labute approximate surface area is 144 Å². The first-order valence-corrected chi connectivity index (χ1v) is 7.76. The molecule has 0 aliphatic heterocycles. The first-order valence-electron chi connectivity index (χ1n) is 7.35. The van der Waals surface area contributed by atoms with E-state index in [0.29, 0.717) is 16.2 Å². The highest BCUT2D eigenvalue weighted by Gasteiger charge is 2.12. The monoisotopic (exact) mass is 338 g/mol. The van der Waals surface area contributed by atoms with Gasteiger partial charge >= 0.3 is 0 Å². The molecule has 0 unspecified atom stereocenters. The normalized spacial score (nSPS) is 12.0. The number of hydrogen-bond acceptors (Lipinski definition) is 3. The van der Waals surface area contributed by atoms with Crippen LogP contribution in [0.2, 0.25) is 0 Å². The Bertz CT molecular complexity index is 954. The molecular formula is C18H15FN4S. The summed E-state index contributed by atoms with van der Waals surface area (Å²) in [6.07, 6.45) is 3.67. The maximum absolute atomic E-state index is 14.0.